The van der Waals surface area contributed by atoms with Gasteiger partial charge in [0.2, 0.25) is 0 Å². The Morgan fingerprint density at radius 3 is 2.73 bits per heavy atom. The number of carbonyl (C=O) groups excluding carboxylic acids is 1. The fraction of sp³-hybridized carbons (Fsp3) is 0. The molecule has 2 N–H and O–H groups in total. The number of ether oxygens (including phenoxy) is 1. The largest absolute Gasteiger partial charge is 0.456 e. The first-order valence-corrected chi connectivity index (χ1v) is 9.61. The first kappa shape index (κ1) is 18.1. The highest BCUT2D eigenvalue weighted by molar-refractivity contribution is 6.30. The van der Waals surface area contributed by atoms with Gasteiger partial charge in [-0.25, -0.2) is 4.98 Å². The lowest BCUT2D eigenvalue weighted by molar-refractivity contribution is 0.102. The van der Waals surface area contributed by atoms with E-state index in [2.05, 4.69) is 20.5 Å². The van der Waals surface area contributed by atoms with Gasteiger partial charge in [0, 0.05) is 22.5 Å². The highest BCUT2D eigenvalue weighted by atomic mass is 35.5. The maximum atomic E-state index is 12.8. The zero-order valence-corrected chi connectivity index (χ0v) is 16.4. The number of aromatic amines is 1. The number of amides is 1. The van der Waals surface area contributed by atoms with E-state index in [0.717, 1.165) is 16.2 Å². The summed E-state index contributed by atoms with van der Waals surface area (Å²) >= 11 is 5.91. The number of nitrogens with one attached hydrogen (secondary N) is 2. The van der Waals surface area contributed by atoms with Crippen molar-refractivity contribution >= 4 is 45.0 Å². The van der Waals surface area contributed by atoms with Crippen LogP contribution in [0, 0.1) is 0 Å². The molecule has 6 nitrogen and oxygen atoms in total. The third kappa shape index (κ3) is 3.44. The molecule has 0 aliphatic rings. The van der Waals surface area contributed by atoms with E-state index in [1.54, 1.807) is 48.8 Å². The number of hydrogen-bond acceptors (Lipinski definition) is 4. The Labute approximate surface area is 176 Å². The van der Waals surface area contributed by atoms with Crippen molar-refractivity contribution < 1.29 is 9.53 Å². The number of benzene rings is 3. The molecule has 0 radical (unpaired) electrons. The minimum Gasteiger partial charge on any atom is -0.456 e. The number of H-pyrrole nitrogens is 1. The van der Waals surface area contributed by atoms with Crippen molar-refractivity contribution in [3.05, 3.63) is 89.7 Å². The lowest BCUT2D eigenvalue weighted by Crippen LogP contribution is -2.12. The number of pyridine rings is 1. The summed E-state index contributed by atoms with van der Waals surface area (Å²) in [7, 11) is 0. The van der Waals surface area contributed by atoms with Crippen LogP contribution in [0.2, 0.25) is 5.02 Å². The van der Waals surface area contributed by atoms with Crippen LogP contribution >= 0.6 is 11.6 Å². The van der Waals surface area contributed by atoms with E-state index in [9.17, 15) is 4.79 Å². The molecule has 5 rings (SSSR count). The lowest BCUT2D eigenvalue weighted by Gasteiger charge is -2.11. The van der Waals surface area contributed by atoms with Crippen LogP contribution in [0.4, 0.5) is 5.69 Å². The predicted molar refractivity (Wildman–Crippen MR) is 117 cm³/mol. The molecule has 30 heavy (non-hydrogen) atoms. The number of halogens is 1. The van der Waals surface area contributed by atoms with Crippen molar-refractivity contribution in [1.29, 1.82) is 0 Å². The molecule has 5 aromatic rings. The van der Waals surface area contributed by atoms with E-state index < -0.39 is 0 Å². The molecule has 0 atom stereocenters. The van der Waals surface area contributed by atoms with Gasteiger partial charge >= 0.3 is 0 Å². The summed E-state index contributed by atoms with van der Waals surface area (Å²) in [5, 5.41) is 12.9. The van der Waals surface area contributed by atoms with Crippen LogP contribution in [-0.2, 0) is 0 Å². The van der Waals surface area contributed by atoms with Gasteiger partial charge in [0.05, 0.1) is 11.6 Å². The summed E-state index contributed by atoms with van der Waals surface area (Å²) in [5.74, 6) is 1.13. The van der Waals surface area contributed by atoms with Crippen LogP contribution < -0.4 is 10.1 Å². The van der Waals surface area contributed by atoms with E-state index in [1.165, 1.54) is 0 Å². The maximum Gasteiger partial charge on any atom is 0.256 e. The van der Waals surface area contributed by atoms with Crippen LogP contribution in [0.3, 0.4) is 0 Å². The van der Waals surface area contributed by atoms with Crippen LogP contribution in [0.25, 0.3) is 21.8 Å². The van der Waals surface area contributed by atoms with Crippen molar-refractivity contribution in [2.45, 2.75) is 0 Å². The lowest BCUT2D eigenvalue weighted by atomic mass is 10.0. The van der Waals surface area contributed by atoms with Gasteiger partial charge in [0.15, 0.2) is 5.65 Å². The molecule has 0 bridgehead atoms. The van der Waals surface area contributed by atoms with Crippen molar-refractivity contribution in [2.24, 2.45) is 0 Å². The van der Waals surface area contributed by atoms with Crippen molar-refractivity contribution in [3.8, 4) is 11.5 Å². The van der Waals surface area contributed by atoms with E-state index in [0.29, 0.717) is 33.4 Å². The molecule has 7 heteroatoms. The molecule has 0 aliphatic carbocycles. The van der Waals surface area contributed by atoms with E-state index in [1.807, 2.05) is 30.3 Å². The molecule has 2 heterocycles. The topological polar surface area (TPSA) is 79.9 Å². The number of rotatable bonds is 4. The fourth-order valence-corrected chi connectivity index (χ4v) is 3.42. The highest BCUT2D eigenvalue weighted by Gasteiger charge is 2.12. The molecule has 1 amide bonds. The molecule has 0 unspecified atom stereocenters. The van der Waals surface area contributed by atoms with Gasteiger partial charge in [-0.1, -0.05) is 23.7 Å². The molecule has 3 aromatic carbocycles. The molecule has 0 fully saturated rings. The number of anilines is 1. The standard InChI is InChI=1S/C23H15ClN4O2/c24-15-4-6-16(7-5-15)27-23(29)19-3-1-2-14-12-17(8-9-18(14)19)30-21-10-11-25-22-20(21)13-26-28-22/h1-13H,(H,27,29)(H,25,26,28). The quantitative estimate of drug-likeness (QED) is 0.389. The summed E-state index contributed by atoms with van der Waals surface area (Å²) in [6.07, 6.45) is 3.34. The van der Waals surface area contributed by atoms with Crippen LogP contribution in [0.15, 0.2) is 79.1 Å². The van der Waals surface area contributed by atoms with Crippen molar-refractivity contribution in [1.82, 2.24) is 15.2 Å². The zero-order valence-electron chi connectivity index (χ0n) is 15.6. The van der Waals surface area contributed by atoms with Gasteiger partial charge in [0.1, 0.15) is 11.5 Å². The minimum atomic E-state index is -0.189. The van der Waals surface area contributed by atoms with Gasteiger partial charge < -0.3 is 10.1 Å². The number of hydrogen-bond donors (Lipinski definition) is 2. The summed E-state index contributed by atoms with van der Waals surface area (Å²) in [6.45, 7) is 0. The van der Waals surface area contributed by atoms with Gasteiger partial charge in [-0.2, -0.15) is 5.10 Å². The highest BCUT2D eigenvalue weighted by Crippen LogP contribution is 2.31. The van der Waals surface area contributed by atoms with E-state index >= 15 is 0 Å². The Hall–Kier alpha value is -3.90. The molecule has 0 saturated carbocycles. The Balaban J connectivity index is 1.45. The third-order valence-electron chi connectivity index (χ3n) is 4.74. The van der Waals surface area contributed by atoms with E-state index in [4.69, 9.17) is 16.3 Å². The maximum absolute atomic E-state index is 12.8. The summed E-state index contributed by atoms with van der Waals surface area (Å²) in [4.78, 5) is 17.0. The predicted octanol–water partition coefficient (Wildman–Crippen LogP) is 5.81. The molecular formula is C23H15ClN4O2. The first-order chi connectivity index (χ1) is 14.7. The first-order valence-electron chi connectivity index (χ1n) is 9.23. The van der Waals surface area contributed by atoms with E-state index in [-0.39, 0.29) is 5.91 Å². The number of fused-ring (bicyclic) bond motifs is 2. The number of carbonyl (C=O) groups is 1. The molecule has 0 spiro atoms. The molecule has 0 aliphatic heterocycles. The summed E-state index contributed by atoms with van der Waals surface area (Å²) < 4.78 is 6.05. The smallest absolute Gasteiger partial charge is 0.256 e. The second-order valence-electron chi connectivity index (χ2n) is 6.69. The summed E-state index contributed by atoms with van der Waals surface area (Å²) in [6, 6.07) is 20.0. The second kappa shape index (κ2) is 7.50. The minimum absolute atomic E-state index is 0.189. The Morgan fingerprint density at radius 2 is 1.87 bits per heavy atom. The van der Waals surface area contributed by atoms with Gasteiger partial charge in [0.25, 0.3) is 5.91 Å². The van der Waals surface area contributed by atoms with Gasteiger partial charge in [-0.15, -0.1) is 0 Å². The van der Waals surface area contributed by atoms with Crippen LogP contribution in [0.1, 0.15) is 10.4 Å². The molecule has 0 saturated heterocycles. The third-order valence-corrected chi connectivity index (χ3v) is 4.99. The Morgan fingerprint density at radius 1 is 1.00 bits per heavy atom. The Bertz CT molecular complexity index is 1380. The molecule has 146 valence electrons. The van der Waals surface area contributed by atoms with Crippen molar-refractivity contribution in [2.75, 3.05) is 5.32 Å². The SMILES string of the molecule is O=C(Nc1ccc(Cl)cc1)c1cccc2cc(Oc3ccnc4[nH]ncc34)ccc12. The zero-order chi connectivity index (χ0) is 20.5. The normalized spacial score (nSPS) is 11.0. The van der Waals surface area contributed by atoms with Gasteiger partial charge in [-0.3, -0.25) is 9.89 Å². The molecule has 2 aromatic heterocycles. The second-order valence-corrected chi connectivity index (χ2v) is 7.13. The van der Waals surface area contributed by atoms with Gasteiger partial charge in [-0.05, 0) is 65.4 Å². The average Bonchev–Trinajstić information content (AvgIpc) is 3.25. The summed E-state index contributed by atoms with van der Waals surface area (Å²) in [5.41, 5.74) is 1.92. The monoisotopic (exact) mass is 414 g/mol. The molecular weight excluding hydrogens is 400 g/mol. The van der Waals surface area contributed by atoms with Crippen LogP contribution in [0.5, 0.6) is 11.5 Å². The number of nitrogens with zero attached hydrogens (tertiary/aromatic N) is 2. The Kier molecular flexibility index (Phi) is 4.53. The fourth-order valence-electron chi connectivity index (χ4n) is 3.30. The van der Waals surface area contributed by atoms with Crippen molar-refractivity contribution in [3.63, 3.8) is 0 Å². The van der Waals surface area contributed by atoms with Crippen LogP contribution in [-0.4, -0.2) is 21.1 Å². The average molecular weight is 415 g/mol. The number of aromatic nitrogens is 3.